The quantitative estimate of drug-likeness (QED) is 0.371. The van der Waals surface area contributed by atoms with Crippen LogP contribution in [-0.2, 0) is 11.3 Å². The van der Waals surface area contributed by atoms with Crippen molar-refractivity contribution in [2.24, 2.45) is 0 Å². The zero-order valence-electron chi connectivity index (χ0n) is 17.4. The van der Waals surface area contributed by atoms with Crippen molar-refractivity contribution in [3.05, 3.63) is 89.4 Å². The molecule has 0 saturated heterocycles. The average Bonchev–Trinajstić information content (AvgIpc) is 3.26. The average molecular weight is 465 g/mol. The summed E-state index contributed by atoms with van der Waals surface area (Å²) in [5.41, 5.74) is 2.77. The Hall–Kier alpha value is -3.29. The van der Waals surface area contributed by atoms with Gasteiger partial charge in [0.2, 0.25) is 5.91 Å². The van der Waals surface area contributed by atoms with Gasteiger partial charge in [0, 0.05) is 22.8 Å². The van der Waals surface area contributed by atoms with E-state index >= 15 is 0 Å². The second-order valence-electron chi connectivity index (χ2n) is 6.90. The predicted octanol–water partition coefficient (Wildman–Crippen LogP) is 5.00. The van der Waals surface area contributed by atoms with Crippen molar-refractivity contribution < 1.29 is 9.53 Å². The fourth-order valence-electron chi connectivity index (χ4n) is 3.13. The van der Waals surface area contributed by atoms with Gasteiger partial charge in [-0.3, -0.25) is 9.36 Å². The molecule has 0 radical (unpaired) electrons. The van der Waals surface area contributed by atoms with Gasteiger partial charge in [-0.1, -0.05) is 65.8 Å². The third kappa shape index (κ3) is 5.30. The number of ether oxygens (including phenoxy) is 1. The van der Waals surface area contributed by atoms with Gasteiger partial charge in [-0.25, -0.2) is 0 Å². The number of thioether (sulfide) groups is 1. The predicted molar refractivity (Wildman–Crippen MR) is 127 cm³/mol. The SMILES string of the molecule is COc1ccc(-n2c(SCC(=O)NCc3cccc(Cl)c3)nnc2-c2ccccc2)cc1. The van der Waals surface area contributed by atoms with Gasteiger partial charge in [-0.2, -0.15) is 0 Å². The van der Waals surface area contributed by atoms with Crippen LogP contribution in [0.4, 0.5) is 0 Å². The summed E-state index contributed by atoms with van der Waals surface area (Å²) < 4.78 is 7.22. The highest BCUT2D eigenvalue weighted by atomic mass is 35.5. The van der Waals surface area contributed by atoms with Crippen molar-refractivity contribution in [3.8, 4) is 22.8 Å². The summed E-state index contributed by atoms with van der Waals surface area (Å²) in [5.74, 6) is 1.58. The molecule has 0 fully saturated rings. The second-order valence-corrected chi connectivity index (χ2v) is 8.28. The summed E-state index contributed by atoms with van der Waals surface area (Å²) in [6.07, 6.45) is 0. The molecule has 162 valence electrons. The number of nitrogens with zero attached hydrogens (tertiary/aromatic N) is 3. The number of methoxy groups -OCH3 is 1. The lowest BCUT2D eigenvalue weighted by molar-refractivity contribution is -0.118. The van der Waals surface area contributed by atoms with Crippen LogP contribution >= 0.6 is 23.4 Å². The van der Waals surface area contributed by atoms with Gasteiger partial charge >= 0.3 is 0 Å². The van der Waals surface area contributed by atoms with Gasteiger partial charge in [-0.15, -0.1) is 10.2 Å². The fourth-order valence-corrected chi connectivity index (χ4v) is 4.13. The molecule has 1 heterocycles. The number of amides is 1. The second kappa shape index (κ2) is 10.3. The van der Waals surface area contributed by atoms with Crippen LogP contribution in [0.3, 0.4) is 0 Å². The van der Waals surface area contributed by atoms with Crippen molar-refractivity contribution in [3.63, 3.8) is 0 Å². The highest BCUT2D eigenvalue weighted by Gasteiger charge is 2.17. The van der Waals surface area contributed by atoms with Crippen LogP contribution in [0.25, 0.3) is 17.1 Å². The maximum atomic E-state index is 12.4. The highest BCUT2D eigenvalue weighted by molar-refractivity contribution is 7.99. The lowest BCUT2D eigenvalue weighted by Gasteiger charge is -2.11. The van der Waals surface area contributed by atoms with Gasteiger partial charge in [0.05, 0.1) is 12.9 Å². The third-order valence-electron chi connectivity index (χ3n) is 4.71. The first kappa shape index (κ1) is 21.9. The van der Waals surface area contributed by atoms with Gasteiger partial charge in [0.1, 0.15) is 5.75 Å². The van der Waals surface area contributed by atoms with E-state index in [1.807, 2.05) is 77.4 Å². The first-order chi connectivity index (χ1) is 15.6. The largest absolute Gasteiger partial charge is 0.497 e. The topological polar surface area (TPSA) is 69.0 Å². The van der Waals surface area contributed by atoms with Gasteiger partial charge in [0.25, 0.3) is 0 Å². The molecule has 8 heteroatoms. The van der Waals surface area contributed by atoms with Crippen LogP contribution in [0.15, 0.2) is 84.0 Å². The Morgan fingerprint density at radius 1 is 1.03 bits per heavy atom. The maximum absolute atomic E-state index is 12.4. The molecule has 0 aliphatic carbocycles. The molecule has 1 aromatic heterocycles. The summed E-state index contributed by atoms with van der Waals surface area (Å²) in [7, 11) is 1.63. The van der Waals surface area contributed by atoms with Crippen molar-refractivity contribution in [2.75, 3.05) is 12.9 Å². The smallest absolute Gasteiger partial charge is 0.230 e. The minimum absolute atomic E-state index is 0.0967. The minimum Gasteiger partial charge on any atom is -0.497 e. The summed E-state index contributed by atoms with van der Waals surface area (Å²) in [6, 6.07) is 24.9. The van der Waals surface area contributed by atoms with Crippen molar-refractivity contribution >= 4 is 29.3 Å². The van der Waals surface area contributed by atoms with Crippen LogP contribution < -0.4 is 10.1 Å². The number of halogens is 1. The first-order valence-corrected chi connectivity index (χ1v) is 11.3. The molecule has 1 N–H and O–H groups in total. The van der Waals surface area contributed by atoms with Crippen LogP contribution in [0.2, 0.25) is 5.02 Å². The Balaban J connectivity index is 1.52. The summed E-state index contributed by atoms with van der Waals surface area (Å²) in [4.78, 5) is 12.4. The van der Waals surface area contributed by atoms with E-state index in [1.165, 1.54) is 11.8 Å². The van der Waals surface area contributed by atoms with E-state index in [1.54, 1.807) is 13.2 Å². The zero-order valence-corrected chi connectivity index (χ0v) is 18.9. The van der Waals surface area contributed by atoms with Crippen molar-refractivity contribution in [1.82, 2.24) is 20.1 Å². The molecule has 0 aliphatic rings. The standard InChI is InChI=1S/C24H21ClN4O2S/c1-31-21-12-10-20(11-13-21)29-23(18-7-3-2-4-8-18)27-28-24(29)32-16-22(30)26-15-17-6-5-9-19(25)14-17/h2-14H,15-16H2,1H3,(H,26,30). The van der Waals surface area contributed by atoms with Crippen LogP contribution in [0, 0.1) is 0 Å². The number of benzene rings is 3. The van der Waals surface area contributed by atoms with E-state index in [0.717, 1.165) is 22.6 Å². The van der Waals surface area contributed by atoms with Crippen LogP contribution in [0.5, 0.6) is 5.75 Å². The van der Waals surface area contributed by atoms with Gasteiger partial charge < -0.3 is 10.1 Å². The lowest BCUT2D eigenvalue weighted by Crippen LogP contribution is -2.24. The Morgan fingerprint density at radius 3 is 2.53 bits per heavy atom. The van der Waals surface area contributed by atoms with E-state index in [0.29, 0.717) is 22.5 Å². The molecule has 0 aliphatic heterocycles. The Bertz CT molecular complexity index is 1200. The molecule has 1 amide bonds. The summed E-state index contributed by atoms with van der Waals surface area (Å²) in [6.45, 7) is 0.417. The number of hydrogen-bond donors (Lipinski definition) is 1. The zero-order chi connectivity index (χ0) is 22.3. The van der Waals surface area contributed by atoms with Crippen LogP contribution in [-0.4, -0.2) is 33.5 Å². The fraction of sp³-hybridized carbons (Fsp3) is 0.125. The Kier molecular flexibility index (Phi) is 7.09. The normalized spacial score (nSPS) is 10.7. The molecule has 0 saturated carbocycles. The first-order valence-electron chi connectivity index (χ1n) is 9.93. The molecule has 0 atom stereocenters. The third-order valence-corrected chi connectivity index (χ3v) is 5.87. The van der Waals surface area contributed by atoms with E-state index in [2.05, 4.69) is 15.5 Å². The molecule has 0 unspecified atom stereocenters. The molecule has 0 spiro atoms. The number of nitrogens with one attached hydrogen (secondary N) is 1. The monoisotopic (exact) mass is 464 g/mol. The van der Waals surface area contributed by atoms with E-state index < -0.39 is 0 Å². The van der Waals surface area contributed by atoms with E-state index in [4.69, 9.17) is 16.3 Å². The maximum Gasteiger partial charge on any atom is 0.230 e. The summed E-state index contributed by atoms with van der Waals surface area (Å²) in [5, 5.41) is 13.0. The number of carbonyl (C=O) groups excluding carboxylic acids is 1. The Morgan fingerprint density at radius 2 is 1.81 bits per heavy atom. The molecule has 4 rings (SSSR count). The molecule has 3 aromatic carbocycles. The molecular formula is C24H21ClN4O2S. The Labute approximate surface area is 195 Å². The number of rotatable bonds is 8. The highest BCUT2D eigenvalue weighted by Crippen LogP contribution is 2.28. The minimum atomic E-state index is -0.0967. The molecular weight excluding hydrogens is 444 g/mol. The number of carbonyl (C=O) groups is 1. The molecule has 6 nitrogen and oxygen atoms in total. The number of hydrogen-bond acceptors (Lipinski definition) is 5. The number of aromatic nitrogens is 3. The van der Waals surface area contributed by atoms with Gasteiger partial charge in [-0.05, 0) is 42.0 Å². The molecule has 0 bridgehead atoms. The van der Waals surface area contributed by atoms with Crippen LogP contribution in [0.1, 0.15) is 5.56 Å². The van der Waals surface area contributed by atoms with Crippen molar-refractivity contribution in [1.29, 1.82) is 0 Å². The van der Waals surface area contributed by atoms with Gasteiger partial charge in [0.15, 0.2) is 11.0 Å². The van der Waals surface area contributed by atoms with E-state index in [-0.39, 0.29) is 11.7 Å². The molecule has 32 heavy (non-hydrogen) atoms. The lowest BCUT2D eigenvalue weighted by atomic mass is 10.2. The van der Waals surface area contributed by atoms with E-state index in [9.17, 15) is 4.79 Å². The molecule has 4 aromatic rings. The summed E-state index contributed by atoms with van der Waals surface area (Å²) >= 11 is 7.34. The van der Waals surface area contributed by atoms with Crippen molar-refractivity contribution in [2.45, 2.75) is 11.7 Å².